The van der Waals surface area contributed by atoms with Gasteiger partial charge in [0.1, 0.15) is 17.6 Å². The largest absolute Gasteiger partial charge is 0.494 e. The Balaban J connectivity index is 1.48. The van der Waals surface area contributed by atoms with Crippen molar-refractivity contribution in [1.29, 1.82) is 0 Å². The summed E-state index contributed by atoms with van der Waals surface area (Å²) in [5, 5.41) is 6.68. The van der Waals surface area contributed by atoms with Gasteiger partial charge in [0.15, 0.2) is 5.96 Å². The van der Waals surface area contributed by atoms with Gasteiger partial charge in [-0.3, -0.25) is 9.79 Å². The van der Waals surface area contributed by atoms with Crippen LogP contribution in [0.2, 0.25) is 0 Å². The summed E-state index contributed by atoms with van der Waals surface area (Å²) < 4.78 is 13.5. The van der Waals surface area contributed by atoms with Crippen molar-refractivity contribution in [3.8, 4) is 11.5 Å². The number of nitrogens with zero attached hydrogens (tertiary/aromatic N) is 2. The fraction of sp³-hybridized carbons (Fsp3) is 0.478. The second-order valence-corrected chi connectivity index (χ2v) is 7.43. The predicted molar refractivity (Wildman–Crippen MR) is 120 cm³/mol. The molecule has 30 heavy (non-hydrogen) atoms. The van der Waals surface area contributed by atoms with Crippen LogP contribution in [0, 0.1) is 0 Å². The summed E-state index contributed by atoms with van der Waals surface area (Å²) in [7, 11) is 1.76. The molecule has 0 aliphatic carbocycles. The van der Waals surface area contributed by atoms with Gasteiger partial charge in [-0.05, 0) is 44.9 Å². The van der Waals surface area contributed by atoms with Gasteiger partial charge in [-0.1, -0.05) is 6.07 Å². The van der Waals surface area contributed by atoms with Crippen molar-refractivity contribution in [3.63, 3.8) is 0 Å². The number of hydrogen-bond donors (Lipinski definition) is 2. The van der Waals surface area contributed by atoms with Crippen LogP contribution in [-0.2, 0) is 19.5 Å². The fourth-order valence-electron chi connectivity index (χ4n) is 3.57. The summed E-state index contributed by atoms with van der Waals surface area (Å²) in [5.74, 6) is 2.58. The van der Waals surface area contributed by atoms with Crippen LogP contribution in [-0.4, -0.2) is 36.8 Å². The molecule has 0 saturated carbocycles. The lowest BCUT2D eigenvalue weighted by Gasteiger charge is -2.16. The maximum Gasteiger partial charge on any atom is 0.250 e. The molecule has 3 rings (SSSR count). The van der Waals surface area contributed by atoms with Gasteiger partial charge in [0, 0.05) is 56.5 Å². The van der Waals surface area contributed by atoms with Crippen molar-refractivity contribution >= 4 is 5.96 Å². The molecule has 0 bridgehead atoms. The molecule has 1 unspecified atom stereocenters. The molecule has 0 fully saturated rings. The molecule has 7 heteroatoms. The Labute approximate surface area is 178 Å². The quantitative estimate of drug-likeness (QED) is 0.376. The first-order valence-corrected chi connectivity index (χ1v) is 10.7. The number of aryl methyl sites for hydroxylation is 1. The maximum absolute atomic E-state index is 11.7. The Morgan fingerprint density at radius 3 is 2.93 bits per heavy atom. The van der Waals surface area contributed by atoms with E-state index < -0.39 is 0 Å². The highest BCUT2D eigenvalue weighted by Gasteiger charge is 2.21. The van der Waals surface area contributed by atoms with E-state index in [0.717, 1.165) is 55.4 Å². The number of aromatic nitrogens is 1. The van der Waals surface area contributed by atoms with E-state index in [-0.39, 0.29) is 11.7 Å². The van der Waals surface area contributed by atoms with Crippen LogP contribution in [0.3, 0.4) is 0 Å². The van der Waals surface area contributed by atoms with Crippen molar-refractivity contribution in [2.24, 2.45) is 4.99 Å². The van der Waals surface area contributed by atoms with Crippen LogP contribution in [0.4, 0.5) is 0 Å². The van der Waals surface area contributed by atoms with Crippen LogP contribution in [0.25, 0.3) is 0 Å². The number of hydrogen-bond acceptors (Lipinski definition) is 4. The fourth-order valence-corrected chi connectivity index (χ4v) is 3.57. The number of guanidine groups is 1. The average molecular weight is 413 g/mol. The summed E-state index contributed by atoms with van der Waals surface area (Å²) >= 11 is 0. The van der Waals surface area contributed by atoms with Gasteiger partial charge >= 0.3 is 0 Å². The van der Waals surface area contributed by atoms with Crippen molar-refractivity contribution in [3.05, 3.63) is 58.0 Å². The Bertz CT molecular complexity index is 923. The molecular weight excluding hydrogens is 380 g/mol. The maximum atomic E-state index is 11.7. The monoisotopic (exact) mass is 412 g/mol. The summed E-state index contributed by atoms with van der Waals surface area (Å²) in [6.07, 6.45) is 4.81. The van der Waals surface area contributed by atoms with E-state index in [2.05, 4.69) is 34.7 Å². The Kier molecular flexibility index (Phi) is 7.76. The summed E-state index contributed by atoms with van der Waals surface area (Å²) in [5.41, 5.74) is 2.30. The number of pyridine rings is 1. The van der Waals surface area contributed by atoms with Gasteiger partial charge in [0.25, 0.3) is 0 Å². The van der Waals surface area contributed by atoms with Crippen molar-refractivity contribution in [2.75, 3.05) is 20.2 Å². The van der Waals surface area contributed by atoms with Gasteiger partial charge in [-0.2, -0.15) is 0 Å². The SMILES string of the molecule is CCOc1cc2c(cc1CNC(=NC)NCCCCn1ccccc1=O)OC(C)C2. The third-order valence-electron chi connectivity index (χ3n) is 5.07. The number of ether oxygens (including phenoxy) is 2. The van der Waals surface area contributed by atoms with Gasteiger partial charge in [0.2, 0.25) is 5.56 Å². The first kappa shape index (κ1) is 21.7. The first-order chi connectivity index (χ1) is 14.6. The van der Waals surface area contributed by atoms with E-state index in [4.69, 9.17) is 9.47 Å². The molecule has 0 saturated heterocycles. The van der Waals surface area contributed by atoms with Crippen LogP contribution in [0.1, 0.15) is 37.8 Å². The zero-order chi connectivity index (χ0) is 21.3. The third-order valence-corrected chi connectivity index (χ3v) is 5.07. The second-order valence-electron chi connectivity index (χ2n) is 7.43. The van der Waals surface area contributed by atoms with Gasteiger partial charge < -0.3 is 24.7 Å². The lowest BCUT2D eigenvalue weighted by molar-refractivity contribution is 0.254. The Morgan fingerprint density at radius 2 is 2.17 bits per heavy atom. The summed E-state index contributed by atoms with van der Waals surface area (Å²) in [4.78, 5) is 16.0. The molecule has 1 atom stereocenters. The van der Waals surface area contributed by atoms with Crippen molar-refractivity contribution in [1.82, 2.24) is 15.2 Å². The Morgan fingerprint density at radius 1 is 1.30 bits per heavy atom. The van der Waals surface area contributed by atoms with Gasteiger partial charge in [-0.15, -0.1) is 0 Å². The zero-order valence-corrected chi connectivity index (χ0v) is 18.1. The number of aliphatic imine (C=N–C) groups is 1. The molecule has 0 spiro atoms. The van der Waals surface area contributed by atoms with Gasteiger partial charge in [0.05, 0.1) is 6.61 Å². The third kappa shape index (κ3) is 5.78. The molecule has 2 N–H and O–H groups in total. The smallest absolute Gasteiger partial charge is 0.250 e. The second kappa shape index (κ2) is 10.7. The van der Waals surface area contributed by atoms with Crippen molar-refractivity contribution < 1.29 is 9.47 Å². The van der Waals surface area contributed by atoms with E-state index in [0.29, 0.717) is 13.2 Å². The molecule has 1 aromatic carbocycles. The van der Waals surface area contributed by atoms with E-state index in [1.807, 2.05) is 19.2 Å². The minimum Gasteiger partial charge on any atom is -0.494 e. The number of fused-ring (bicyclic) bond motifs is 1. The molecule has 1 aromatic heterocycles. The lowest BCUT2D eigenvalue weighted by Crippen LogP contribution is -2.37. The first-order valence-electron chi connectivity index (χ1n) is 10.7. The van der Waals surface area contributed by atoms with E-state index >= 15 is 0 Å². The zero-order valence-electron chi connectivity index (χ0n) is 18.1. The van der Waals surface area contributed by atoms with Gasteiger partial charge in [-0.25, -0.2) is 0 Å². The molecule has 2 heterocycles. The molecule has 162 valence electrons. The summed E-state index contributed by atoms with van der Waals surface area (Å²) in [6, 6.07) is 9.40. The van der Waals surface area contributed by atoms with Crippen LogP contribution in [0.15, 0.2) is 46.3 Å². The minimum absolute atomic E-state index is 0.0424. The molecular formula is C23H32N4O3. The van der Waals surface area contributed by atoms with E-state index in [1.54, 1.807) is 23.7 Å². The van der Waals surface area contributed by atoms with Crippen molar-refractivity contribution in [2.45, 2.75) is 52.3 Å². The van der Waals surface area contributed by atoms with Crippen LogP contribution >= 0.6 is 0 Å². The number of rotatable bonds is 9. The molecule has 2 aromatic rings. The van der Waals surface area contributed by atoms with E-state index in [1.165, 1.54) is 5.56 Å². The highest BCUT2D eigenvalue weighted by Crippen LogP contribution is 2.35. The summed E-state index contributed by atoms with van der Waals surface area (Å²) in [6.45, 7) is 6.80. The number of unbranched alkanes of at least 4 members (excludes halogenated alkanes) is 1. The number of benzene rings is 1. The Hall–Kier alpha value is -2.96. The highest BCUT2D eigenvalue weighted by molar-refractivity contribution is 5.79. The van der Waals surface area contributed by atoms with Crippen LogP contribution < -0.4 is 25.7 Å². The topological polar surface area (TPSA) is 76.9 Å². The molecule has 7 nitrogen and oxygen atoms in total. The molecule has 0 amide bonds. The van der Waals surface area contributed by atoms with E-state index in [9.17, 15) is 4.79 Å². The number of nitrogens with one attached hydrogen (secondary N) is 2. The minimum atomic E-state index is 0.0424. The standard InChI is InChI=1S/C23H32N4O3/c1-4-29-20-14-18-13-17(2)30-21(18)15-19(20)16-26-23(24-3)25-10-6-8-12-27-11-7-5-9-22(27)28/h5,7,9,11,14-15,17H,4,6,8,10,12-13,16H2,1-3H3,(H2,24,25,26). The lowest BCUT2D eigenvalue weighted by atomic mass is 10.1. The predicted octanol–water partition coefficient (Wildman–Crippen LogP) is 2.72. The molecule has 1 aliphatic heterocycles. The molecule has 1 aliphatic rings. The average Bonchev–Trinajstić information content (AvgIpc) is 3.10. The normalized spacial score (nSPS) is 15.4. The highest BCUT2D eigenvalue weighted by atomic mass is 16.5. The van der Waals surface area contributed by atoms with Crippen LogP contribution in [0.5, 0.6) is 11.5 Å². The molecule has 0 radical (unpaired) electrons.